The number of hydrogen-bond acceptors (Lipinski definition) is 1. The van der Waals surface area contributed by atoms with E-state index in [2.05, 4.69) is 43.4 Å². The summed E-state index contributed by atoms with van der Waals surface area (Å²) >= 11 is 0. The Kier molecular flexibility index (Phi) is 4.32. The maximum Gasteiger partial charge on any atom is 0.220 e. The summed E-state index contributed by atoms with van der Waals surface area (Å²) in [4.78, 5) is 12.4. The van der Waals surface area contributed by atoms with Gasteiger partial charge in [0.1, 0.15) is 0 Å². The highest BCUT2D eigenvalue weighted by molar-refractivity contribution is 5.76. The summed E-state index contributed by atoms with van der Waals surface area (Å²) in [5.74, 6) is 2.66. The van der Waals surface area contributed by atoms with Crippen molar-refractivity contribution >= 4 is 5.91 Å². The lowest BCUT2D eigenvalue weighted by Gasteiger charge is -2.23. The van der Waals surface area contributed by atoms with Crippen LogP contribution in [-0.2, 0) is 4.79 Å². The molecule has 21 heavy (non-hydrogen) atoms. The van der Waals surface area contributed by atoms with E-state index in [9.17, 15) is 4.79 Å². The van der Waals surface area contributed by atoms with Gasteiger partial charge in [-0.15, -0.1) is 0 Å². The van der Waals surface area contributed by atoms with Crippen LogP contribution in [0.3, 0.4) is 0 Å². The highest BCUT2D eigenvalue weighted by atomic mass is 16.1. The first-order chi connectivity index (χ1) is 10.2. The molecule has 4 atom stereocenters. The van der Waals surface area contributed by atoms with Crippen molar-refractivity contribution in [3.63, 3.8) is 0 Å². The van der Waals surface area contributed by atoms with Gasteiger partial charge >= 0.3 is 0 Å². The van der Waals surface area contributed by atoms with Gasteiger partial charge in [-0.2, -0.15) is 0 Å². The van der Waals surface area contributed by atoms with Gasteiger partial charge in [0.15, 0.2) is 0 Å². The summed E-state index contributed by atoms with van der Waals surface area (Å²) in [5, 5.41) is 3.25. The molecular formula is C19H27NO. The van der Waals surface area contributed by atoms with E-state index in [-0.39, 0.29) is 11.9 Å². The number of carbonyl (C=O) groups is 1. The number of nitrogens with one attached hydrogen (secondary N) is 1. The molecule has 0 radical (unpaired) electrons. The molecule has 0 aromatic heterocycles. The van der Waals surface area contributed by atoms with Crippen molar-refractivity contribution in [1.82, 2.24) is 5.32 Å². The Morgan fingerprint density at radius 3 is 2.57 bits per heavy atom. The van der Waals surface area contributed by atoms with E-state index in [4.69, 9.17) is 0 Å². The molecule has 3 rings (SSSR count). The average molecular weight is 285 g/mol. The topological polar surface area (TPSA) is 29.1 Å². The fraction of sp³-hybridized carbons (Fsp3) is 0.632. The van der Waals surface area contributed by atoms with Crippen LogP contribution >= 0.6 is 0 Å². The number of amides is 1. The molecule has 0 spiro atoms. The summed E-state index contributed by atoms with van der Waals surface area (Å²) in [7, 11) is 0. The Labute approximate surface area is 128 Å². The highest BCUT2D eigenvalue weighted by Gasteiger charge is 2.40. The van der Waals surface area contributed by atoms with E-state index in [0.717, 1.165) is 24.7 Å². The van der Waals surface area contributed by atoms with Gasteiger partial charge in [0.2, 0.25) is 5.91 Å². The summed E-state index contributed by atoms with van der Waals surface area (Å²) in [6.07, 6.45) is 7.13. The molecule has 0 saturated heterocycles. The Balaban J connectivity index is 1.56. The van der Waals surface area contributed by atoms with Crippen molar-refractivity contribution < 1.29 is 4.79 Å². The zero-order valence-electron chi connectivity index (χ0n) is 13.3. The maximum absolute atomic E-state index is 12.4. The zero-order chi connectivity index (χ0) is 14.8. The fourth-order valence-corrected chi connectivity index (χ4v) is 4.34. The molecule has 2 heteroatoms. The van der Waals surface area contributed by atoms with Crippen molar-refractivity contribution in [1.29, 1.82) is 0 Å². The van der Waals surface area contributed by atoms with Crippen LogP contribution in [0.2, 0.25) is 0 Å². The van der Waals surface area contributed by atoms with Crippen molar-refractivity contribution in [3.8, 4) is 0 Å². The Bertz CT molecular complexity index is 493. The van der Waals surface area contributed by atoms with Gasteiger partial charge in [-0.05, 0) is 55.9 Å². The molecule has 114 valence electrons. The number of rotatable bonds is 5. The van der Waals surface area contributed by atoms with Gasteiger partial charge in [-0.3, -0.25) is 4.79 Å². The van der Waals surface area contributed by atoms with Gasteiger partial charge in [-0.25, -0.2) is 0 Å². The quantitative estimate of drug-likeness (QED) is 0.854. The smallest absolute Gasteiger partial charge is 0.220 e. The van der Waals surface area contributed by atoms with Crippen LogP contribution in [0, 0.1) is 24.7 Å². The minimum Gasteiger partial charge on any atom is -0.349 e. The summed E-state index contributed by atoms with van der Waals surface area (Å²) in [6, 6.07) is 8.69. The molecule has 2 bridgehead atoms. The van der Waals surface area contributed by atoms with Crippen LogP contribution in [0.25, 0.3) is 0 Å². The lowest BCUT2D eigenvalue weighted by molar-refractivity contribution is -0.123. The van der Waals surface area contributed by atoms with Crippen molar-refractivity contribution in [2.45, 2.75) is 58.4 Å². The van der Waals surface area contributed by atoms with Crippen LogP contribution in [0.1, 0.15) is 62.6 Å². The first kappa shape index (κ1) is 14.6. The molecule has 2 fully saturated rings. The Morgan fingerprint density at radius 1 is 1.24 bits per heavy atom. The third-order valence-corrected chi connectivity index (χ3v) is 5.56. The van der Waals surface area contributed by atoms with Crippen molar-refractivity contribution in [2.24, 2.45) is 17.8 Å². The number of aryl methyl sites for hydroxylation is 1. The predicted molar refractivity (Wildman–Crippen MR) is 85.9 cm³/mol. The van der Waals surface area contributed by atoms with E-state index in [1.54, 1.807) is 0 Å². The average Bonchev–Trinajstić information content (AvgIpc) is 3.08. The summed E-state index contributed by atoms with van der Waals surface area (Å²) < 4.78 is 0. The summed E-state index contributed by atoms with van der Waals surface area (Å²) in [5.41, 5.74) is 2.49. The van der Waals surface area contributed by atoms with Gasteiger partial charge in [0.05, 0.1) is 6.04 Å². The lowest BCUT2D eigenvalue weighted by atomic mass is 9.86. The van der Waals surface area contributed by atoms with Crippen LogP contribution in [0.5, 0.6) is 0 Å². The molecule has 2 aliphatic carbocycles. The Morgan fingerprint density at radius 2 is 2.00 bits per heavy atom. The highest BCUT2D eigenvalue weighted by Crippen LogP contribution is 2.49. The molecule has 1 amide bonds. The molecule has 0 aliphatic heterocycles. The third kappa shape index (κ3) is 3.30. The predicted octanol–water partition coefficient (Wildman–Crippen LogP) is 4.39. The summed E-state index contributed by atoms with van der Waals surface area (Å²) in [6.45, 7) is 4.24. The fourth-order valence-electron chi connectivity index (χ4n) is 4.34. The molecule has 1 aromatic rings. The number of benzene rings is 1. The number of fused-ring (bicyclic) bond motifs is 2. The molecule has 1 aromatic carbocycles. The minimum atomic E-state index is 0.164. The van der Waals surface area contributed by atoms with Gasteiger partial charge in [0.25, 0.3) is 0 Å². The normalized spacial score (nSPS) is 28.6. The third-order valence-electron chi connectivity index (χ3n) is 5.56. The van der Waals surface area contributed by atoms with E-state index in [1.807, 2.05) is 0 Å². The molecule has 0 heterocycles. The molecule has 2 saturated carbocycles. The minimum absolute atomic E-state index is 0.164. The standard InChI is InChI=1S/C19H27NO/c1-3-18(15-7-4-13(2)5-8-15)20-19(21)12-17-11-14-6-9-16(17)10-14/h4-5,7-8,14,16-18H,3,6,9-12H2,1-2H3,(H,20,21). The van der Waals surface area contributed by atoms with E-state index in [1.165, 1.54) is 36.8 Å². The largest absolute Gasteiger partial charge is 0.349 e. The van der Waals surface area contributed by atoms with Crippen molar-refractivity contribution in [3.05, 3.63) is 35.4 Å². The van der Waals surface area contributed by atoms with Crippen LogP contribution in [-0.4, -0.2) is 5.91 Å². The van der Waals surface area contributed by atoms with E-state index in [0.29, 0.717) is 5.92 Å². The monoisotopic (exact) mass is 285 g/mol. The second-order valence-corrected chi connectivity index (χ2v) is 7.08. The first-order valence-corrected chi connectivity index (χ1v) is 8.51. The molecule has 2 nitrogen and oxygen atoms in total. The van der Waals surface area contributed by atoms with Gasteiger partial charge in [-0.1, -0.05) is 43.2 Å². The number of carbonyl (C=O) groups excluding carboxylic acids is 1. The van der Waals surface area contributed by atoms with Gasteiger partial charge < -0.3 is 5.32 Å². The van der Waals surface area contributed by atoms with E-state index < -0.39 is 0 Å². The van der Waals surface area contributed by atoms with E-state index >= 15 is 0 Å². The number of hydrogen-bond donors (Lipinski definition) is 1. The second kappa shape index (κ2) is 6.21. The maximum atomic E-state index is 12.4. The first-order valence-electron chi connectivity index (χ1n) is 8.51. The zero-order valence-corrected chi connectivity index (χ0v) is 13.3. The van der Waals surface area contributed by atoms with Crippen LogP contribution < -0.4 is 5.32 Å². The Hall–Kier alpha value is -1.31. The lowest BCUT2D eigenvalue weighted by Crippen LogP contribution is -2.30. The molecular weight excluding hydrogens is 258 g/mol. The van der Waals surface area contributed by atoms with Crippen LogP contribution in [0.4, 0.5) is 0 Å². The van der Waals surface area contributed by atoms with Gasteiger partial charge in [0, 0.05) is 6.42 Å². The van der Waals surface area contributed by atoms with Crippen LogP contribution in [0.15, 0.2) is 24.3 Å². The molecule has 2 aliphatic rings. The molecule has 1 N–H and O–H groups in total. The molecule has 4 unspecified atom stereocenters. The van der Waals surface area contributed by atoms with Crippen molar-refractivity contribution in [2.75, 3.05) is 0 Å². The SMILES string of the molecule is CCC(NC(=O)CC1CC2CCC1C2)c1ccc(C)cc1. The second-order valence-electron chi connectivity index (χ2n) is 7.08.